The molecule has 0 saturated carbocycles. The summed E-state index contributed by atoms with van der Waals surface area (Å²) in [4.78, 5) is 19.2. The summed E-state index contributed by atoms with van der Waals surface area (Å²) >= 11 is 1.65. The predicted molar refractivity (Wildman–Crippen MR) is 77.7 cm³/mol. The summed E-state index contributed by atoms with van der Waals surface area (Å²) in [7, 11) is 0. The van der Waals surface area contributed by atoms with Gasteiger partial charge in [-0.3, -0.25) is 4.79 Å². The lowest BCUT2D eigenvalue weighted by atomic mass is 10.1. The predicted octanol–water partition coefficient (Wildman–Crippen LogP) is 2.26. The first-order valence-electron chi connectivity index (χ1n) is 7.01. The van der Waals surface area contributed by atoms with Crippen LogP contribution in [0.25, 0.3) is 0 Å². The number of aryl methyl sites for hydroxylation is 1. The van der Waals surface area contributed by atoms with Gasteiger partial charge in [-0.25, -0.2) is 4.98 Å². The van der Waals surface area contributed by atoms with E-state index in [1.807, 2.05) is 0 Å². The van der Waals surface area contributed by atoms with Gasteiger partial charge in [0.1, 0.15) is 5.92 Å². The summed E-state index contributed by atoms with van der Waals surface area (Å²) < 4.78 is 5.90. The van der Waals surface area contributed by atoms with Crippen molar-refractivity contribution < 1.29 is 14.6 Å². The number of hydrogen-bond acceptors (Lipinski definition) is 5. The quantitative estimate of drug-likeness (QED) is 0.907. The van der Waals surface area contributed by atoms with Crippen LogP contribution in [-0.4, -0.2) is 40.9 Å². The Labute approximate surface area is 122 Å². The maximum Gasteiger partial charge on any atom is 0.312 e. The standard InChI is InChI=1S/C14H20N2O3S/c1-8-6-16(7-14(2,3)19-8)13-15-11-9(12(17)18)4-5-10(11)20-13/h8-9H,4-7H2,1-3H3,(H,17,18). The fourth-order valence-corrected chi connectivity index (χ4v) is 4.33. The third-order valence-corrected chi connectivity index (χ3v) is 5.04. The Bertz CT molecular complexity index is 541. The zero-order valence-corrected chi connectivity index (χ0v) is 12.9. The largest absolute Gasteiger partial charge is 0.481 e. The van der Waals surface area contributed by atoms with Crippen LogP contribution in [0.15, 0.2) is 0 Å². The van der Waals surface area contributed by atoms with Crippen LogP contribution in [0, 0.1) is 0 Å². The molecule has 6 heteroatoms. The van der Waals surface area contributed by atoms with Crippen molar-refractivity contribution in [3.8, 4) is 0 Å². The molecule has 2 aliphatic rings. The number of carboxylic acids is 1. The number of hydrogen-bond donors (Lipinski definition) is 1. The summed E-state index contributed by atoms with van der Waals surface area (Å²) in [5, 5.41) is 10.2. The van der Waals surface area contributed by atoms with E-state index in [9.17, 15) is 9.90 Å². The van der Waals surface area contributed by atoms with E-state index in [-0.39, 0.29) is 11.7 Å². The van der Waals surface area contributed by atoms with Crippen molar-refractivity contribution in [2.45, 2.75) is 51.2 Å². The van der Waals surface area contributed by atoms with Crippen LogP contribution >= 0.6 is 11.3 Å². The van der Waals surface area contributed by atoms with Crippen LogP contribution in [0.4, 0.5) is 5.13 Å². The molecule has 1 aromatic rings. The fourth-order valence-electron chi connectivity index (χ4n) is 3.19. The second-order valence-electron chi connectivity index (χ2n) is 6.30. The number of aliphatic carboxylic acids is 1. The number of rotatable bonds is 2. The van der Waals surface area contributed by atoms with Crippen molar-refractivity contribution >= 4 is 22.4 Å². The van der Waals surface area contributed by atoms with Crippen LogP contribution < -0.4 is 4.90 Å². The van der Waals surface area contributed by atoms with Crippen molar-refractivity contribution in [2.75, 3.05) is 18.0 Å². The summed E-state index contributed by atoms with van der Waals surface area (Å²) in [6.07, 6.45) is 1.69. The molecule has 2 heterocycles. The van der Waals surface area contributed by atoms with E-state index in [1.54, 1.807) is 11.3 Å². The molecular weight excluding hydrogens is 276 g/mol. The summed E-state index contributed by atoms with van der Waals surface area (Å²) in [5.74, 6) is -1.17. The van der Waals surface area contributed by atoms with Gasteiger partial charge in [0.2, 0.25) is 0 Å². The molecule has 110 valence electrons. The second-order valence-corrected chi connectivity index (χ2v) is 7.37. The Kier molecular flexibility index (Phi) is 3.25. The number of morpholine rings is 1. The van der Waals surface area contributed by atoms with Gasteiger partial charge in [-0.15, -0.1) is 11.3 Å². The third-order valence-electron chi connectivity index (χ3n) is 3.84. The lowest BCUT2D eigenvalue weighted by Gasteiger charge is -2.41. The highest BCUT2D eigenvalue weighted by molar-refractivity contribution is 7.15. The molecule has 2 atom stereocenters. The van der Waals surface area contributed by atoms with Crippen molar-refractivity contribution in [3.05, 3.63) is 10.6 Å². The van der Waals surface area contributed by atoms with Gasteiger partial charge in [0.15, 0.2) is 5.13 Å². The maximum atomic E-state index is 11.2. The first-order valence-corrected chi connectivity index (χ1v) is 7.82. The minimum atomic E-state index is -0.753. The first kappa shape index (κ1) is 13.8. The van der Waals surface area contributed by atoms with Gasteiger partial charge in [-0.05, 0) is 33.6 Å². The molecule has 1 saturated heterocycles. The van der Waals surface area contributed by atoms with E-state index in [2.05, 4.69) is 30.7 Å². The van der Waals surface area contributed by atoms with Gasteiger partial charge >= 0.3 is 5.97 Å². The SMILES string of the molecule is CC1CN(c2nc3c(s2)CCC3C(=O)O)CC(C)(C)O1. The topological polar surface area (TPSA) is 62.7 Å². The molecule has 1 aromatic heterocycles. The number of carbonyl (C=O) groups is 1. The zero-order valence-electron chi connectivity index (χ0n) is 12.0. The molecule has 0 amide bonds. The van der Waals surface area contributed by atoms with Gasteiger partial charge < -0.3 is 14.7 Å². The van der Waals surface area contributed by atoms with Gasteiger partial charge in [-0.1, -0.05) is 0 Å². The summed E-state index contributed by atoms with van der Waals surface area (Å²) in [5.41, 5.74) is 0.592. The minimum absolute atomic E-state index is 0.160. The summed E-state index contributed by atoms with van der Waals surface area (Å²) in [6.45, 7) is 7.83. The smallest absolute Gasteiger partial charge is 0.312 e. The monoisotopic (exact) mass is 296 g/mol. The molecule has 20 heavy (non-hydrogen) atoms. The lowest BCUT2D eigenvalue weighted by molar-refractivity contribution is -0.138. The fraction of sp³-hybridized carbons (Fsp3) is 0.714. The number of ether oxygens (including phenoxy) is 1. The van der Waals surface area contributed by atoms with Crippen LogP contribution in [-0.2, 0) is 16.0 Å². The van der Waals surface area contributed by atoms with Crippen LogP contribution in [0.3, 0.4) is 0 Å². The maximum absolute atomic E-state index is 11.2. The Hall–Kier alpha value is -1.14. The van der Waals surface area contributed by atoms with E-state index in [0.29, 0.717) is 6.42 Å². The van der Waals surface area contributed by atoms with Crippen LogP contribution in [0.5, 0.6) is 0 Å². The average molecular weight is 296 g/mol. The van der Waals surface area contributed by atoms with Crippen molar-refractivity contribution in [2.24, 2.45) is 0 Å². The third kappa shape index (κ3) is 2.42. The number of fused-ring (bicyclic) bond motifs is 1. The number of thiazole rings is 1. The van der Waals surface area contributed by atoms with Crippen molar-refractivity contribution in [1.82, 2.24) is 4.98 Å². The van der Waals surface area contributed by atoms with Crippen molar-refractivity contribution in [1.29, 1.82) is 0 Å². The zero-order chi connectivity index (χ0) is 14.5. The number of nitrogens with zero attached hydrogens (tertiary/aromatic N) is 2. The lowest BCUT2D eigenvalue weighted by Crippen LogP contribution is -2.52. The molecule has 5 nitrogen and oxygen atoms in total. The minimum Gasteiger partial charge on any atom is -0.481 e. The molecule has 1 aliphatic carbocycles. The summed E-state index contributed by atoms with van der Waals surface area (Å²) in [6, 6.07) is 0. The van der Waals surface area contributed by atoms with Gasteiger partial charge in [-0.2, -0.15) is 0 Å². The number of aromatic nitrogens is 1. The number of carboxylic acid groups (broad SMARTS) is 1. The molecule has 0 radical (unpaired) electrons. The Morgan fingerprint density at radius 2 is 2.30 bits per heavy atom. The average Bonchev–Trinajstić information content (AvgIpc) is 2.83. The van der Waals surface area contributed by atoms with Gasteiger partial charge in [0.25, 0.3) is 0 Å². The molecule has 0 spiro atoms. The molecule has 1 N–H and O–H groups in total. The highest BCUT2D eigenvalue weighted by Gasteiger charge is 2.36. The van der Waals surface area contributed by atoms with E-state index in [4.69, 9.17) is 4.74 Å². The Balaban J connectivity index is 1.86. The molecule has 1 aliphatic heterocycles. The van der Waals surface area contributed by atoms with E-state index >= 15 is 0 Å². The number of anilines is 1. The van der Waals surface area contributed by atoms with E-state index in [0.717, 1.165) is 35.2 Å². The van der Waals surface area contributed by atoms with Crippen LogP contribution in [0.1, 0.15) is 43.7 Å². The molecule has 0 bridgehead atoms. The molecule has 2 unspecified atom stereocenters. The molecule has 1 fully saturated rings. The first-order chi connectivity index (χ1) is 9.35. The Morgan fingerprint density at radius 1 is 1.55 bits per heavy atom. The van der Waals surface area contributed by atoms with E-state index < -0.39 is 11.9 Å². The molecular formula is C14H20N2O3S. The van der Waals surface area contributed by atoms with Gasteiger partial charge in [0, 0.05) is 18.0 Å². The Morgan fingerprint density at radius 3 is 2.95 bits per heavy atom. The molecule has 0 aromatic carbocycles. The highest BCUT2D eigenvalue weighted by atomic mass is 32.1. The highest BCUT2D eigenvalue weighted by Crippen LogP contribution is 2.40. The normalized spacial score (nSPS) is 28.4. The van der Waals surface area contributed by atoms with Crippen LogP contribution in [0.2, 0.25) is 0 Å². The second kappa shape index (κ2) is 4.70. The van der Waals surface area contributed by atoms with Gasteiger partial charge in [0.05, 0.1) is 17.4 Å². The van der Waals surface area contributed by atoms with E-state index in [1.165, 1.54) is 0 Å². The molecule has 3 rings (SSSR count). The van der Waals surface area contributed by atoms with Crippen molar-refractivity contribution in [3.63, 3.8) is 0 Å².